The van der Waals surface area contributed by atoms with Gasteiger partial charge in [-0.1, -0.05) is 23.5 Å². The first-order valence-electron chi connectivity index (χ1n) is 7.59. The third kappa shape index (κ3) is 3.24. The van der Waals surface area contributed by atoms with Crippen LogP contribution >= 0.6 is 11.3 Å². The van der Waals surface area contributed by atoms with Crippen molar-refractivity contribution in [3.8, 4) is 5.75 Å². The molecule has 3 aromatic heterocycles. The molecule has 3 heterocycles. The predicted molar refractivity (Wildman–Crippen MR) is 93.8 cm³/mol. The normalized spacial score (nSPS) is 11.0. The molecule has 4 rings (SSSR count). The molecule has 1 aromatic carbocycles. The SMILES string of the molecule is O=c1ccnc2sc(N(Cc3ccc(O)cc3)Cc3ccco3)nn12. The first-order valence-corrected chi connectivity index (χ1v) is 8.41. The standard InChI is InChI=1S/C17H14N4O3S/c22-13-5-3-12(4-6-13)10-20(11-14-2-1-9-24-14)17-19-21-15(23)7-8-18-16(21)25-17/h1-9,22H,10-11H2. The molecular weight excluding hydrogens is 340 g/mol. The van der Waals surface area contributed by atoms with E-state index in [-0.39, 0.29) is 11.3 Å². The van der Waals surface area contributed by atoms with Gasteiger partial charge in [0.15, 0.2) is 0 Å². The lowest BCUT2D eigenvalue weighted by Gasteiger charge is -2.20. The molecule has 0 saturated carbocycles. The Kier molecular flexibility index (Phi) is 3.95. The Balaban J connectivity index is 1.71. The van der Waals surface area contributed by atoms with Crippen LogP contribution < -0.4 is 10.5 Å². The van der Waals surface area contributed by atoms with Gasteiger partial charge in [0.25, 0.3) is 5.56 Å². The fraction of sp³-hybridized carbons (Fsp3) is 0.118. The monoisotopic (exact) mass is 354 g/mol. The molecule has 7 nitrogen and oxygen atoms in total. The second-order valence-electron chi connectivity index (χ2n) is 5.46. The van der Waals surface area contributed by atoms with Crippen LogP contribution in [0, 0.1) is 0 Å². The van der Waals surface area contributed by atoms with Gasteiger partial charge in [0, 0.05) is 18.8 Å². The molecule has 0 fully saturated rings. The summed E-state index contributed by atoms with van der Waals surface area (Å²) in [5.41, 5.74) is 0.791. The Labute approximate surface area is 146 Å². The highest BCUT2D eigenvalue weighted by atomic mass is 32.1. The summed E-state index contributed by atoms with van der Waals surface area (Å²) in [4.78, 5) is 18.7. The maximum Gasteiger partial charge on any atom is 0.275 e. The first-order chi connectivity index (χ1) is 12.2. The van der Waals surface area contributed by atoms with Crippen molar-refractivity contribution in [1.82, 2.24) is 14.6 Å². The summed E-state index contributed by atoms with van der Waals surface area (Å²) in [6.45, 7) is 1.05. The van der Waals surface area contributed by atoms with Crippen LogP contribution in [0.25, 0.3) is 4.96 Å². The topological polar surface area (TPSA) is 83.9 Å². The largest absolute Gasteiger partial charge is 0.508 e. The number of aromatic hydroxyl groups is 1. The Morgan fingerprint density at radius 3 is 2.72 bits per heavy atom. The number of phenols is 1. The fourth-order valence-corrected chi connectivity index (χ4v) is 3.34. The van der Waals surface area contributed by atoms with Gasteiger partial charge in [0.1, 0.15) is 11.5 Å². The van der Waals surface area contributed by atoms with E-state index >= 15 is 0 Å². The summed E-state index contributed by atoms with van der Waals surface area (Å²) in [6.07, 6.45) is 3.11. The van der Waals surface area contributed by atoms with Crippen molar-refractivity contribution in [3.63, 3.8) is 0 Å². The van der Waals surface area contributed by atoms with Gasteiger partial charge in [0.05, 0.1) is 12.8 Å². The maximum atomic E-state index is 11.9. The second-order valence-corrected chi connectivity index (χ2v) is 6.40. The lowest BCUT2D eigenvalue weighted by Crippen LogP contribution is -2.22. The number of hydrogen-bond acceptors (Lipinski definition) is 7. The van der Waals surface area contributed by atoms with Gasteiger partial charge in [-0.3, -0.25) is 4.79 Å². The highest BCUT2D eigenvalue weighted by molar-refractivity contribution is 7.20. The summed E-state index contributed by atoms with van der Waals surface area (Å²) in [6, 6.07) is 12.1. The molecule has 0 atom stereocenters. The van der Waals surface area contributed by atoms with E-state index in [1.54, 1.807) is 18.4 Å². The summed E-state index contributed by atoms with van der Waals surface area (Å²) in [5.74, 6) is 1.01. The molecule has 0 amide bonds. The number of nitrogens with zero attached hydrogens (tertiary/aromatic N) is 4. The Hall–Kier alpha value is -3.13. The molecular formula is C17H14N4O3S. The molecule has 0 spiro atoms. The van der Waals surface area contributed by atoms with Gasteiger partial charge >= 0.3 is 0 Å². The zero-order valence-corrected chi connectivity index (χ0v) is 13.9. The summed E-state index contributed by atoms with van der Waals surface area (Å²) in [7, 11) is 0. The number of hydrogen-bond donors (Lipinski definition) is 1. The van der Waals surface area contributed by atoms with E-state index in [2.05, 4.69) is 10.1 Å². The minimum absolute atomic E-state index is 0.213. The van der Waals surface area contributed by atoms with E-state index in [0.717, 1.165) is 11.3 Å². The van der Waals surface area contributed by atoms with Crippen LogP contribution in [-0.4, -0.2) is 19.7 Å². The van der Waals surface area contributed by atoms with Gasteiger partial charge in [-0.15, -0.1) is 5.10 Å². The van der Waals surface area contributed by atoms with Gasteiger partial charge in [0.2, 0.25) is 10.1 Å². The molecule has 126 valence electrons. The molecule has 0 radical (unpaired) electrons. The van der Waals surface area contributed by atoms with E-state index in [4.69, 9.17) is 4.42 Å². The molecule has 0 aliphatic carbocycles. The molecule has 25 heavy (non-hydrogen) atoms. The van der Waals surface area contributed by atoms with Crippen LogP contribution in [0.3, 0.4) is 0 Å². The van der Waals surface area contributed by atoms with Crippen molar-refractivity contribution >= 4 is 21.4 Å². The van der Waals surface area contributed by atoms with E-state index < -0.39 is 0 Å². The first kappa shape index (κ1) is 15.4. The van der Waals surface area contributed by atoms with E-state index in [1.807, 2.05) is 29.2 Å². The highest BCUT2D eigenvalue weighted by Crippen LogP contribution is 2.25. The minimum Gasteiger partial charge on any atom is -0.508 e. The second kappa shape index (κ2) is 6.40. The van der Waals surface area contributed by atoms with Crippen LogP contribution in [-0.2, 0) is 13.1 Å². The highest BCUT2D eigenvalue weighted by Gasteiger charge is 2.16. The van der Waals surface area contributed by atoms with E-state index in [0.29, 0.717) is 23.2 Å². The van der Waals surface area contributed by atoms with Gasteiger partial charge < -0.3 is 14.4 Å². The number of phenolic OH excluding ortho intramolecular Hbond substituents is 1. The van der Waals surface area contributed by atoms with Gasteiger partial charge in [-0.2, -0.15) is 4.52 Å². The number of anilines is 1. The van der Waals surface area contributed by atoms with Crippen molar-refractivity contribution in [3.05, 3.63) is 76.6 Å². The number of furan rings is 1. The smallest absolute Gasteiger partial charge is 0.275 e. The van der Waals surface area contributed by atoms with E-state index in [1.165, 1.54) is 28.1 Å². The number of fused-ring (bicyclic) bond motifs is 1. The van der Waals surface area contributed by atoms with Crippen molar-refractivity contribution in [2.75, 3.05) is 4.90 Å². The van der Waals surface area contributed by atoms with Gasteiger partial charge in [-0.25, -0.2) is 4.98 Å². The molecule has 8 heteroatoms. The molecule has 4 aromatic rings. The molecule has 0 bridgehead atoms. The average molecular weight is 354 g/mol. The van der Waals surface area contributed by atoms with E-state index in [9.17, 15) is 9.90 Å². The summed E-state index contributed by atoms with van der Waals surface area (Å²) < 4.78 is 6.75. The van der Waals surface area contributed by atoms with Crippen molar-refractivity contribution in [1.29, 1.82) is 0 Å². The molecule has 0 aliphatic rings. The van der Waals surface area contributed by atoms with Crippen molar-refractivity contribution in [2.24, 2.45) is 0 Å². The number of rotatable bonds is 5. The maximum absolute atomic E-state index is 11.9. The van der Waals surface area contributed by atoms with Crippen LogP contribution in [0.5, 0.6) is 5.75 Å². The summed E-state index contributed by atoms with van der Waals surface area (Å²) in [5, 5.41) is 14.5. The minimum atomic E-state index is -0.213. The molecule has 0 unspecified atom stereocenters. The Morgan fingerprint density at radius 1 is 1.16 bits per heavy atom. The van der Waals surface area contributed by atoms with Crippen LogP contribution in [0.1, 0.15) is 11.3 Å². The lowest BCUT2D eigenvalue weighted by atomic mass is 10.2. The summed E-state index contributed by atoms with van der Waals surface area (Å²) >= 11 is 1.34. The van der Waals surface area contributed by atoms with Crippen molar-refractivity contribution < 1.29 is 9.52 Å². The van der Waals surface area contributed by atoms with Crippen LogP contribution in [0.2, 0.25) is 0 Å². The number of benzene rings is 1. The third-order valence-electron chi connectivity index (χ3n) is 3.67. The quantitative estimate of drug-likeness (QED) is 0.593. The zero-order valence-electron chi connectivity index (χ0n) is 13.1. The fourth-order valence-electron chi connectivity index (χ4n) is 2.46. The Bertz CT molecular complexity index is 1040. The van der Waals surface area contributed by atoms with Crippen molar-refractivity contribution in [2.45, 2.75) is 13.1 Å². The zero-order chi connectivity index (χ0) is 17.2. The average Bonchev–Trinajstić information content (AvgIpc) is 3.26. The van der Waals surface area contributed by atoms with Crippen LogP contribution in [0.15, 0.2) is 64.1 Å². The molecule has 1 N–H and O–H groups in total. The molecule has 0 aliphatic heterocycles. The molecule has 0 saturated heterocycles. The van der Waals surface area contributed by atoms with Gasteiger partial charge in [-0.05, 0) is 29.8 Å². The Morgan fingerprint density at radius 2 is 2.00 bits per heavy atom. The lowest BCUT2D eigenvalue weighted by molar-refractivity contribution is 0.475. The number of aromatic nitrogens is 3. The predicted octanol–water partition coefficient (Wildman–Crippen LogP) is 2.66. The van der Waals surface area contributed by atoms with Crippen LogP contribution in [0.4, 0.5) is 5.13 Å². The third-order valence-corrected chi connectivity index (χ3v) is 4.65.